The first-order valence-electron chi connectivity index (χ1n) is 11.5. The zero-order valence-corrected chi connectivity index (χ0v) is 17.6. The van der Waals surface area contributed by atoms with Gasteiger partial charge in [-0.05, 0) is 25.8 Å². The molecule has 4 heteroatoms. The van der Waals surface area contributed by atoms with Gasteiger partial charge in [0.15, 0.2) is 0 Å². The van der Waals surface area contributed by atoms with Gasteiger partial charge in [0, 0.05) is 6.54 Å². The Balaban J connectivity index is 0. The second-order valence-electron chi connectivity index (χ2n) is 7.78. The van der Waals surface area contributed by atoms with Gasteiger partial charge in [-0.2, -0.15) is 0 Å². The van der Waals surface area contributed by atoms with Gasteiger partial charge < -0.3 is 16.8 Å². The van der Waals surface area contributed by atoms with E-state index in [1.165, 1.54) is 83.5 Å². The third kappa shape index (κ3) is 21.5. The fraction of sp³-hybridized carbons (Fsp3) is 0.957. The normalized spacial score (nSPS) is 11.8. The average molecular weight is 386 g/mol. The smallest absolute Gasteiger partial charge is 0.236 e. The number of carbonyl (C=O) groups is 1. The summed E-state index contributed by atoms with van der Waals surface area (Å²) >= 11 is 0. The molecule has 0 aromatic rings. The largest absolute Gasteiger partial charge is 0.355 e. The van der Waals surface area contributed by atoms with Crippen molar-refractivity contribution in [3.05, 3.63) is 0 Å². The number of rotatable bonds is 20. The SMILES string of the molecule is C.CCCCCCCCCCCCCCCCNC(=O)[C@@H](N)CCCCN. The molecular weight excluding hydrogens is 334 g/mol. The summed E-state index contributed by atoms with van der Waals surface area (Å²) in [6, 6.07) is -0.367. The van der Waals surface area contributed by atoms with Gasteiger partial charge in [-0.25, -0.2) is 0 Å². The van der Waals surface area contributed by atoms with Crippen LogP contribution in [0.25, 0.3) is 0 Å². The molecule has 1 atom stereocenters. The van der Waals surface area contributed by atoms with Crippen LogP contribution in [0.5, 0.6) is 0 Å². The molecule has 0 unspecified atom stereocenters. The van der Waals surface area contributed by atoms with Crippen LogP contribution in [0, 0.1) is 0 Å². The van der Waals surface area contributed by atoms with Gasteiger partial charge in [-0.15, -0.1) is 0 Å². The highest BCUT2D eigenvalue weighted by molar-refractivity contribution is 5.81. The molecule has 1 amide bonds. The van der Waals surface area contributed by atoms with Crippen molar-refractivity contribution in [1.29, 1.82) is 0 Å². The van der Waals surface area contributed by atoms with E-state index in [2.05, 4.69) is 12.2 Å². The van der Waals surface area contributed by atoms with E-state index in [1.54, 1.807) is 0 Å². The Morgan fingerprint density at radius 2 is 1.19 bits per heavy atom. The molecule has 0 saturated carbocycles. The van der Waals surface area contributed by atoms with Gasteiger partial charge in [0.1, 0.15) is 0 Å². The van der Waals surface area contributed by atoms with E-state index in [9.17, 15) is 4.79 Å². The van der Waals surface area contributed by atoms with Crippen LogP contribution in [0.4, 0.5) is 0 Å². The van der Waals surface area contributed by atoms with Gasteiger partial charge in [0.05, 0.1) is 6.04 Å². The van der Waals surface area contributed by atoms with E-state index < -0.39 is 0 Å². The number of carbonyl (C=O) groups excluding carboxylic acids is 1. The van der Waals surface area contributed by atoms with E-state index in [-0.39, 0.29) is 19.4 Å². The van der Waals surface area contributed by atoms with E-state index >= 15 is 0 Å². The standard InChI is InChI=1S/C22H47N3O.CH4/c1-2-3-4-5-6-7-8-9-10-11-12-13-14-17-20-25-22(26)21(24)18-15-16-19-23;/h21H,2-20,23-24H2,1H3,(H,25,26);1H4/t21-;/m0./s1. The van der Waals surface area contributed by atoms with Crippen molar-refractivity contribution in [2.75, 3.05) is 13.1 Å². The minimum Gasteiger partial charge on any atom is -0.355 e. The average Bonchev–Trinajstić information content (AvgIpc) is 2.64. The lowest BCUT2D eigenvalue weighted by molar-refractivity contribution is -0.122. The maximum absolute atomic E-state index is 11.8. The number of hydrogen-bond donors (Lipinski definition) is 3. The highest BCUT2D eigenvalue weighted by Crippen LogP contribution is 2.12. The van der Waals surface area contributed by atoms with Crippen molar-refractivity contribution in [2.45, 2.75) is 130 Å². The molecular formula is C23H51N3O. The first-order valence-corrected chi connectivity index (χ1v) is 11.5. The van der Waals surface area contributed by atoms with Crippen LogP contribution < -0.4 is 16.8 Å². The predicted molar refractivity (Wildman–Crippen MR) is 121 cm³/mol. The number of nitrogens with one attached hydrogen (secondary N) is 1. The molecule has 0 aromatic carbocycles. The van der Waals surface area contributed by atoms with Gasteiger partial charge in [0.2, 0.25) is 5.91 Å². The summed E-state index contributed by atoms with van der Waals surface area (Å²) in [5.74, 6) is -0.00304. The number of amides is 1. The van der Waals surface area contributed by atoms with Gasteiger partial charge in [-0.1, -0.05) is 104 Å². The first kappa shape index (κ1) is 28.6. The summed E-state index contributed by atoms with van der Waals surface area (Å²) < 4.78 is 0. The molecule has 0 spiro atoms. The maximum Gasteiger partial charge on any atom is 0.236 e. The molecule has 4 nitrogen and oxygen atoms in total. The van der Waals surface area contributed by atoms with Crippen molar-refractivity contribution in [1.82, 2.24) is 5.32 Å². The quantitative estimate of drug-likeness (QED) is 0.236. The van der Waals surface area contributed by atoms with Crippen molar-refractivity contribution >= 4 is 5.91 Å². The Kier molecular flexibility index (Phi) is 24.8. The van der Waals surface area contributed by atoms with Crippen LogP contribution in [0.3, 0.4) is 0 Å². The van der Waals surface area contributed by atoms with E-state index in [4.69, 9.17) is 11.5 Å². The van der Waals surface area contributed by atoms with Crippen LogP contribution in [0.1, 0.15) is 124 Å². The summed E-state index contributed by atoms with van der Waals surface area (Å²) in [6.45, 7) is 3.71. The Morgan fingerprint density at radius 1 is 0.741 bits per heavy atom. The second kappa shape index (κ2) is 23.4. The number of unbranched alkanes of at least 4 members (excludes halogenated alkanes) is 14. The van der Waals surface area contributed by atoms with Gasteiger partial charge in [-0.3, -0.25) is 4.79 Å². The number of nitrogens with two attached hydrogens (primary N) is 2. The monoisotopic (exact) mass is 385 g/mol. The molecule has 0 aromatic heterocycles. The molecule has 0 heterocycles. The highest BCUT2D eigenvalue weighted by atomic mass is 16.2. The highest BCUT2D eigenvalue weighted by Gasteiger charge is 2.11. The molecule has 0 fully saturated rings. The first-order chi connectivity index (χ1) is 12.7. The van der Waals surface area contributed by atoms with Crippen LogP contribution >= 0.6 is 0 Å². The fourth-order valence-corrected chi connectivity index (χ4v) is 3.30. The van der Waals surface area contributed by atoms with Gasteiger partial charge >= 0.3 is 0 Å². The second-order valence-corrected chi connectivity index (χ2v) is 7.78. The number of hydrogen-bond acceptors (Lipinski definition) is 3. The fourth-order valence-electron chi connectivity index (χ4n) is 3.30. The Bertz CT molecular complexity index is 297. The summed E-state index contributed by atoms with van der Waals surface area (Å²) in [7, 11) is 0. The topological polar surface area (TPSA) is 81.1 Å². The molecule has 164 valence electrons. The van der Waals surface area contributed by atoms with Crippen LogP contribution in [0.15, 0.2) is 0 Å². The zero-order chi connectivity index (χ0) is 19.3. The zero-order valence-electron chi connectivity index (χ0n) is 17.6. The predicted octanol–water partition coefficient (Wildman–Crippen LogP) is 5.68. The van der Waals surface area contributed by atoms with Gasteiger partial charge in [0.25, 0.3) is 0 Å². The molecule has 27 heavy (non-hydrogen) atoms. The van der Waals surface area contributed by atoms with E-state index in [0.717, 1.165) is 32.2 Å². The third-order valence-corrected chi connectivity index (χ3v) is 5.14. The summed E-state index contributed by atoms with van der Waals surface area (Å²) in [5.41, 5.74) is 11.3. The van der Waals surface area contributed by atoms with E-state index in [0.29, 0.717) is 6.54 Å². The minimum absolute atomic E-state index is 0. The van der Waals surface area contributed by atoms with Crippen LogP contribution in [-0.2, 0) is 4.79 Å². The summed E-state index contributed by atoms with van der Waals surface area (Å²) in [6.07, 6.45) is 21.6. The van der Waals surface area contributed by atoms with Crippen LogP contribution in [-0.4, -0.2) is 25.0 Å². The molecule has 0 bridgehead atoms. The molecule has 0 aliphatic rings. The molecule has 0 aliphatic carbocycles. The maximum atomic E-state index is 11.8. The molecule has 0 aliphatic heterocycles. The van der Waals surface area contributed by atoms with Crippen molar-refractivity contribution < 1.29 is 4.79 Å². The Hall–Kier alpha value is -0.610. The van der Waals surface area contributed by atoms with Crippen LogP contribution in [0.2, 0.25) is 0 Å². The van der Waals surface area contributed by atoms with Crippen molar-refractivity contribution in [3.63, 3.8) is 0 Å². The molecule has 0 rings (SSSR count). The lowest BCUT2D eigenvalue weighted by Crippen LogP contribution is -2.40. The Labute approximate surface area is 170 Å². The minimum atomic E-state index is -0.367. The Morgan fingerprint density at radius 3 is 1.63 bits per heavy atom. The summed E-state index contributed by atoms with van der Waals surface area (Å²) in [4.78, 5) is 11.8. The lowest BCUT2D eigenvalue weighted by Gasteiger charge is -2.11. The molecule has 5 N–H and O–H groups in total. The van der Waals surface area contributed by atoms with Crippen molar-refractivity contribution in [2.24, 2.45) is 11.5 Å². The molecule has 0 radical (unpaired) electrons. The third-order valence-electron chi connectivity index (χ3n) is 5.14. The molecule has 0 saturated heterocycles. The summed E-state index contributed by atoms with van der Waals surface area (Å²) in [5, 5.41) is 2.96. The lowest BCUT2D eigenvalue weighted by atomic mass is 10.0. The van der Waals surface area contributed by atoms with Crippen molar-refractivity contribution in [3.8, 4) is 0 Å². The van der Waals surface area contributed by atoms with E-state index in [1.807, 2.05) is 0 Å².